The number of allylic oxidation sites excluding steroid dienone is 10. The van der Waals surface area contributed by atoms with E-state index in [0.717, 1.165) is 26.7 Å². The minimum absolute atomic E-state index is 0.0266. The lowest BCUT2D eigenvalue weighted by Crippen LogP contribution is -2.52. The predicted molar refractivity (Wildman–Crippen MR) is 239 cm³/mol. The number of ether oxygens (including phenoxy) is 6. The van der Waals surface area contributed by atoms with E-state index < -0.39 is 109 Å². The fourth-order valence-electron chi connectivity index (χ4n) is 6.41. The van der Waals surface area contributed by atoms with E-state index >= 15 is 0 Å². The fourth-order valence-corrected chi connectivity index (χ4v) is 6.41. The second-order valence-corrected chi connectivity index (χ2v) is 15.0. The highest BCUT2D eigenvalue weighted by molar-refractivity contribution is 5.89. The molecule has 0 radical (unpaired) electrons. The van der Waals surface area contributed by atoms with Gasteiger partial charge in [0.15, 0.2) is 11.4 Å². The smallest absolute Gasteiger partial charge is 0.360 e. The highest BCUT2D eigenvalue weighted by atomic mass is 16.6. The monoisotopic (exact) mass is 946 g/mol. The number of carboxylic acids is 2. The molecule has 3 heterocycles. The number of nitrogens with zero attached hydrogens (tertiary/aromatic N) is 2. The summed E-state index contributed by atoms with van der Waals surface area (Å²) in [4.78, 5) is 111. The molecule has 6 unspecified atom stereocenters. The molecule has 20 heteroatoms. The average Bonchev–Trinajstić information content (AvgIpc) is 4.00. The number of oxazole rings is 2. The maximum absolute atomic E-state index is 13.7. The summed E-state index contributed by atoms with van der Waals surface area (Å²) in [5.41, 5.74) is -4.36. The van der Waals surface area contributed by atoms with Gasteiger partial charge < -0.3 is 47.5 Å². The Labute approximate surface area is 391 Å². The number of aliphatic carboxylic acids is 2. The van der Waals surface area contributed by atoms with Crippen LogP contribution in [0.3, 0.4) is 0 Å². The van der Waals surface area contributed by atoms with Crippen molar-refractivity contribution >= 4 is 59.9 Å². The number of cyclic esters (lactones) is 2. The summed E-state index contributed by atoms with van der Waals surface area (Å²) < 4.78 is 44.2. The standard InChI is InChI=1S/C48H54N2O18/c1-7-19-33(65-41(55)27-25-39(51)52)47(3,45(59)61-5)35-21-15-11-9-13-17-24-38-50-32(30-64-38)44(58)68-36(22-16-12-10-14-18-23-37-49-31(29-63-37)43(57)67-35)48(4,46(60)62-6)34(20-8-2)66-42(56)28-26-40(53)54/h7-20,23-24,29-30,33-36H,21-22,25-28H2,1-6H3,(H,51,52)(H,53,54). The van der Waals surface area contributed by atoms with Crippen LogP contribution in [-0.2, 0) is 57.2 Å². The number of esters is 6. The van der Waals surface area contributed by atoms with Gasteiger partial charge in [-0.05, 0) is 39.8 Å². The Morgan fingerprint density at radius 1 is 0.632 bits per heavy atom. The summed E-state index contributed by atoms with van der Waals surface area (Å²) in [5.74, 6) is -8.25. The van der Waals surface area contributed by atoms with Gasteiger partial charge in [0.25, 0.3) is 0 Å². The second-order valence-electron chi connectivity index (χ2n) is 15.0. The maximum atomic E-state index is 13.7. The lowest BCUT2D eigenvalue weighted by Gasteiger charge is -2.38. The van der Waals surface area contributed by atoms with E-state index in [1.165, 1.54) is 62.5 Å². The van der Waals surface area contributed by atoms with Crippen molar-refractivity contribution in [1.29, 1.82) is 0 Å². The zero-order valence-corrected chi connectivity index (χ0v) is 38.3. The summed E-state index contributed by atoms with van der Waals surface area (Å²) in [5, 5.41) is 18.2. The third-order valence-corrected chi connectivity index (χ3v) is 10.2. The van der Waals surface area contributed by atoms with Crippen molar-refractivity contribution in [2.24, 2.45) is 10.8 Å². The summed E-state index contributed by atoms with van der Waals surface area (Å²) in [6.07, 6.45) is 18.2. The summed E-state index contributed by atoms with van der Waals surface area (Å²) >= 11 is 0. The van der Waals surface area contributed by atoms with Crippen molar-refractivity contribution in [3.05, 3.63) is 121 Å². The third-order valence-electron chi connectivity index (χ3n) is 10.2. The zero-order valence-electron chi connectivity index (χ0n) is 38.3. The topological polar surface area (TPSA) is 284 Å². The summed E-state index contributed by atoms with van der Waals surface area (Å²) in [7, 11) is 2.20. The van der Waals surface area contributed by atoms with Crippen LogP contribution in [-0.4, -0.2) is 107 Å². The van der Waals surface area contributed by atoms with Crippen LogP contribution >= 0.6 is 0 Å². The Kier molecular flexibility index (Phi) is 21.5. The Morgan fingerprint density at radius 2 is 1.00 bits per heavy atom. The van der Waals surface area contributed by atoms with E-state index in [9.17, 15) is 38.4 Å². The molecule has 0 saturated heterocycles. The summed E-state index contributed by atoms with van der Waals surface area (Å²) in [6, 6.07) is 0. The number of aromatic nitrogens is 2. The van der Waals surface area contributed by atoms with Crippen LogP contribution in [0.25, 0.3) is 12.2 Å². The Bertz CT molecular complexity index is 2200. The highest BCUT2D eigenvalue weighted by Crippen LogP contribution is 2.38. The molecule has 2 aromatic rings. The largest absolute Gasteiger partial charge is 0.481 e. The summed E-state index contributed by atoms with van der Waals surface area (Å²) in [6.45, 7) is 5.95. The number of hydrogen-bond donors (Lipinski definition) is 2. The van der Waals surface area contributed by atoms with Crippen LogP contribution < -0.4 is 0 Å². The Balaban J connectivity index is 2.08. The minimum atomic E-state index is -1.90. The number of methoxy groups -OCH3 is 2. The van der Waals surface area contributed by atoms with Crippen LogP contribution in [0.5, 0.6) is 0 Å². The lowest BCUT2D eigenvalue weighted by molar-refractivity contribution is -0.178. The molecule has 1 aliphatic heterocycles. The SMILES string of the molecule is CC=CC(OC(=O)CCC(=O)O)C(C)(C(=O)OC)C1CC=CC=CC=Cc2nc(co2)C(=O)OC(C(C)(C(=O)OC)C(C=CC)OC(=O)CCC(=O)O)CC=CC=CC=Cc2nc(co2)C(=O)O1. The van der Waals surface area contributed by atoms with Crippen LogP contribution in [0.15, 0.2) is 106 Å². The van der Waals surface area contributed by atoms with E-state index in [1.807, 2.05) is 0 Å². The predicted octanol–water partition coefficient (Wildman–Crippen LogP) is 6.52. The molecule has 0 saturated carbocycles. The van der Waals surface area contributed by atoms with Crippen molar-refractivity contribution in [2.75, 3.05) is 14.2 Å². The first-order chi connectivity index (χ1) is 32.4. The lowest BCUT2D eigenvalue weighted by atomic mass is 9.76. The average molecular weight is 947 g/mol. The van der Waals surface area contributed by atoms with Gasteiger partial charge in [-0.2, -0.15) is 0 Å². The van der Waals surface area contributed by atoms with Gasteiger partial charge in [0.05, 0.1) is 39.9 Å². The molecule has 68 heavy (non-hydrogen) atoms. The van der Waals surface area contributed by atoms with Gasteiger partial charge in [-0.25, -0.2) is 19.6 Å². The molecule has 0 aliphatic carbocycles. The minimum Gasteiger partial charge on any atom is -0.481 e. The third kappa shape index (κ3) is 15.6. The normalized spacial score (nSPS) is 18.7. The maximum Gasteiger partial charge on any atom is 0.360 e. The van der Waals surface area contributed by atoms with Gasteiger partial charge in [-0.3, -0.25) is 28.8 Å². The quantitative estimate of drug-likeness (QED) is 0.103. The molecule has 3 rings (SSSR count). The molecule has 20 nitrogen and oxygen atoms in total. The Hall–Kier alpha value is -7.90. The number of hydrogen-bond acceptors (Lipinski definition) is 18. The van der Waals surface area contributed by atoms with E-state index in [0.29, 0.717) is 0 Å². The van der Waals surface area contributed by atoms with Crippen LogP contribution in [0, 0.1) is 10.8 Å². The van der Waals surface area contributed by atoms with Crippen LogP contribution in [0.2, 0.25) is 0 Å². The van der Waals surface area contributed by atoms with Crippen molar-refractivity contribution in [1.82, 2.24) is 9.97 Å². The van der Waals surface area contributed by atoms with Gasteiger partial charge in [0.2, 0.25) is 11.8 Å². The molecule has 6 atom stereocenters. The molecule has 0 amide bonds. The molecular formula is C48H54N2O18. The molecular weight excluding hydrogens is 893 g/mol. The first kappa shape index (κ1) is 54.4. The van der Waals surface area contributed by atoms with Gasteiger partial charge in [0.1, 0.15) is 47.8 Å². The highest BCUT2D eigenvalue weighted by Gasteiger charge is 2.53. The number of fused-ring (bicyclic) bond motifs is 4. The van der Waals surface area contributed by atoms with Gasteiger partial charge in [-0.15, -0.1) is 0 Å². The molecule has 2 N–H and O–H groups in total. The zero-order chi connectivity index (χ0) is 50.3. The van der Waals surface area contributed by atoms with Crippen LogP contribution in [0.4, 0.5) is 0 Å². The fraction of sp³-hybridized carbons (Fsp3) is 0.375. The number of carboxylic acid groups (broad SMARTS) is 2. The molecule has 0 spiro atoms. The van der Waals surface area contributed by atoms with Gasteiger partial charge in [-0.1, -0.05) is 72.9 Å². The van der Waals surface area contributed by atoms with Gasteiger partial charge in [0, 0.05) is 25.0 Å². The number of carbonyl (C=O) groups excluding carboxylic acids is 6. The van der Waals surface area contributed by atoms with E-state index in [-0.39, 0.29) is 36.0 Å². The van der Waals surface area contributed by atoms with Crippen molar-refractivity contribution < 1.29 is 85.8 Å². The van der Waals surface area contributed by atoms with Crippen molar-refractivity contribution in [3.8, 4) is 0 Å². The number of rotatable bonds is 16. The Morgan fingerprint density at radius 3 is 1.34 bits per heavy atom. The number of carbonyl (C=O) groups is 8. The molecule has 4 bridgehead atoms. The molecule has 1 aliphatic rings. The first-order valence-corrected chi connectivity index (χ1v) is 21.0. The molecule has 364 valence electrons. The van der Waals surface area contributed by atoms with Crippen molar-refractivity contribution in [2.45, 2.75) is 90.6 Å². The molecule has 0 fully saturated rings. The van der Waals surface area contributed by atoms with E-state index in [2.05, 4.69) is 9.97 Å². The van der Waals surface area contributed by atoms with Crippen molar-refractivity contribution in [3.63, 3.8) is 0 Å². The van der Waals surface area contributed by atoms with E-state index in [1.54, 1.807) is 62.5 Å². The molecule has 0 aromatic carbocycles. The second kappa shape index (κ2) is 26.9. The van der Waals surface area contributed by atoms with Gasteiger partial charge >= 0.3 is 47.8 Å². The van der Waals surface area contributed by atoms with E-state index in [4.69, 9.17) is 47.5 Å². The first-order valence-electron chi connectivity index (χ1n) is 21.0. The molecule has 2 aromatic heterocycles. The van der Waals surface area contributed by atoms with Crippen LogP contribution in [0.1, 0.15) is 99.0 Å².